The van der Waals surface area contributed by atoms with E-state index in [-0.39, 0.29) is 19.0 Å². The largest absolute Gasteiger partial charge is 0.420 e. The molecule has 5 rings (SSSR count). The molecular formula is C23H18N4O3S. The number of aryl methyl sites for hydroxylation is 1. The Kier molecular flexibility index (Phi) is 4.83. The number of hydrogen-bond acceptors (Lipinski definition) is 6. The molecule has 2 aromatic carbocycles. The van der Waals surface area contributed by atoms with E-state index in [1.807, 2.05) is 43.3 Å². The summed E-state index contributed by atoms with van der Waals surface area (Å²) in [5, 5.41) is 0.567. The summed E-state index contributed by atoms with van der Waals surface area (Å²) in [5.74, 6) is -0.831. The lowest BCUT2D eigenvalue weighted by Crippen LogP contribution is -2.35. The molecule has 31 heavy (non-hydrogen) atoms. The molecule has 0 fully saturated rings. The molecule has 8 heteroatoms. The molecule has 0 aliphatic heterocycles. The van der Waals surface area contributed by atoms with Crippen LogP contribution in [0.1, 0.15) is 11.3 Å². The third-order valence-corrected chi connectivity index (χ3v) is 6.02. The van der Waals surface area contributed by atoms with E-state index in [1.54, 1.807) is 35.4 Å². The second-order valence-corrected chi connectivity index (χ2v) is 8.20. The first-order valence-electron chi connectivity index (χ1n) is 9.74. The molecule has 0 aliphatic rings. The maximum Gasteiger partial charge on any atom is 0.420 e. The lowest BCUT2D eigenvalue weighted by Gasteiger charge is -2.19. The van der Waals surface area contributed by atoms with Crippen LogP contribution in [0.3, 0.4) is 0 Å². The molecule has 0 saturated heterocycles. The van der Waals surface area contributed by atoms with Crippen LogP contribution in [0.25, 0.3) is 21.3 Å². The van der Waals surface area contributed by atoms with Gasteiger partial charge in [-0.05, 0) is 48.9 Å². The monoisotopic (exact) mass is 430 g/mol. The summed E-state index contributed by atoms with van der Waals surface area (Å²) in [6.45, 7) is 2.12. The normalized spacial score (nSPS) is 11.3. The van der Waals surface area contributed by atoms with Crippen molar-refractivity contribution in [3.63, 3.8) is 0 Å². The average molecular weight is 430 g/mol. The molecule has 7 nitrogen and oxygen atoms in total. The van der Waals surface area contributed by atoms with Crippen LogP contribution < -0.4 is 10.7 Å². The Morgan fingerprint density at radius 1 is 1.13 bits per heavy atom. The molecule has 154 valence electrons. The number of nitrogens with zero attached hydrogens (tertiary/aromatic N) is 4. The molecule has 3 aromatic heterocycles. The first kappa shape index (κ1) is 19.2. The van der Waals surface area contributed by atoms with E-state index >= 15 is 0 Å². The molecule has 0 spiro atoms. The molecule has 0 N–H and O–H groups in total. The number of pyridine rings is 1. The number of para-hydroxylation sites is 2. The minimum atomic E-state index is -0.563. The molecule has 3 heterocycles. The third kappa shape index (κ3) is 3.73. The zero-order valence-electron chi connectivity index (χ0n) is 16.7. The van der Waals surface area contributed by atoms with Crippen molar-refractivity contribution >= 4 is 43.7 Å². The van der Waals surface area contributed by atoms with Crippen LogP contribution in [0.2, 0.25) is 0 Å². The van der Waals surface area contributed by atoms with E-state index in [0.717, 1.165) is 21.5 Å². The summed E-state index contributed by atoms with van der Waals surface area (Å²) in [4.78, 5) is 36.4. The van der Waals surface area contributed by atoms with Crippen LogP contribution in [-0.4, -0.2) is 20.4 Å². The molecule has 0 bridgehead atoms. The van der Waals surface area contributed by atoms with Gasteiger partial charge in [0.15, 0.2) is 10.7 Å². The Balaban J connectivity index is 1.54. The summed E-state index contributed by atoms with van der Waals surface area (Å²) in [7, 11) is 0. The van der Waals surface area contributed by atoms with Gasteiger partial charge in [0.25, 0.3) is 0 Å². The first-order valence-corrected chi connectivity index (χ1v) is 10.6. The van der Waals surface area contributed by atoms with E-state index in [2.05, 4.69) is 9.97 Å². The second-order valence-electron chi connectivity index (χ2n) is 7.19. The number of fused-ring (bicyclic) bond motifs is 2. The molecule has 0 saturated carbocycles. The van der Waals surface area contributed by atoms with Gasteiger partial charge in [0.05, 0.1) is 28.0 Å². The number of oxazole rings is 1. The predicted octanol–water partition coefficient (Wildman–Crippen LogP) is 4.14. The highest BCUT2D eigenvalue weighted by atomic mass is 32.1. The van der Waals surface area contributed by atoms with Gasteiger partial charge in [-0.1, -0.05) is 35.6 Å². The average Bonchev–Trinajstić information content (AvgIpc) is 3.33. The van der Waals surface area contributed by atoms with Gasteiger partial charge in [-0.3, -0.25) is 19.2 Å². The molecule has 5 aromatic rings. The predicted molar refractivity (Wildman–Crippen MR) is 120 cm³/mol. The standard InChI is InChI=1S/C23H18N4O3S/c1-15-9-10-17-20(12-15)31-22(25-17)27(13-16-6-4-5-11-24-16)21(28)14-26-18-7-2-3-8-19(18)30-23(26)29/h2-12H,13-14H2,1H3. The lowest BCUT2D eigenvalue weighted by atomic mass is 10.2. The van der Waals surface area contributed by atoms with Crippen molar-refractivity contribution in [1.29, 1.82) is 0 Å². The zero-order valence-corrected chi connectivity index (χ0v) is 17.5. The topological polar surface area (TPSA) is 81.2 Å². The second kappa shape index (κ2) is 7.81. The van der Waals surface area contributed by atoms with Gasteiger partial charge in [-0.25, -0.2) is 9.78 Å². The fourth-order valence-corrected chi connectivity index (χ4v) is 4.52. The SMILES string of the molecule is Cc1ccc2nc(N(Cc3ccccn3)C(=O)Cn3c(=O)oc4ccccc43)sc2c1. The smallest absolute Gasteiger partial charge is 0.408 e. The van der Waals surface area contributed by atoms with Crippen LogP contribution in [0.5, 0.6) is 0 Å². The quantitative estimate of drug-likeness (QED) is 0.419. The number of benzene rings is 2. The van der Waals surface area contributed by atoms with Crippen LogP contribution >= 0.6 is 11.3 Å². The summed E-state index contributed by atoms with van der Waals surface area (Å²) < 4.78 is 7.62. The van der Waals surface area contributed by atoms with Crippen LogP contribution in [0, 0.1) is 6.92 Å². The molecule has 0 atom stereocenters. The van der Waals surface area contributed by atoms with Gasteiger partial charge < -0.3 is 4.42 Å². The summed E-state index contributed by atoms with van der Waals surface area (Å²) >= 11 is 1.44. The fourth-order valence-electron chi connectivity index (χ4n) is 3.44. The summed E-state index contributed by atoms with van der Waals surface area (Å²) in [6.07, 6.45) is 1.69. The number of carbonyl (C=O) groups is 1. The fraction of sp³-hybridized carbons (Fsp3) is 0.130. The van der Waals surface area contributed by atoms with Gasteiger partial charge >= 0.3 is 5.76 Å². The number of hydrogen-bond donors (Lipinski definition) is 0. The van der Waals surface area contributed by atoms with E-state index in [1.165, 1.54) is 15.9 Å². The Morgan fingerprint density at radius 2 is 1.97 bits per heavy atom. The van der Waals surface area contributed by atoms with Gasteiger partial charge in [-0.2, -0.15) is 0 Å². The Hall–Kier alpha value is -3.78. The van der Waals surface area contributed by atoms with Crippen LogP contribution in [-0.2, 0) is 17.9 Å². The van der Waals surface area contributed by atoms with E-state index in [9.17, 15) is 9.59 Å². The maximum absolute atomic E-state index is 13.4. The molecule has 0 radical (unpaired) electrons. The third-order valence-electron chi connectivity index (χ3n) is 4.98. The lowest BCUT2D eigenvalue weighted by molar-refractivity contribution is -0.119. The van der Waals surface area contributed by atoms with E-state index in [0.29, 0.717) is 16.2 Å². The minimum absolute atomic E-state index is 0.155. The molecule has 0 aliphatic carbocycles. The molecular weight excluding hydrogens is 412 g/mol. The van der Waals surface area contributed by atoms with Gasteiger partial charge in [-0.15, -0.1) is 0 Å². The number of aromatic nitrogens is 3. The summed E-state index contributed by atoms with van der Waals surface area (Å²) in [6, 6.07) is 18.6. The van der Waals surface area contributed by atoms with Crippen molar-refractivity contribution < 1.29 is 9.21 Å². The molecule has 0 unspecified atom stereocenters. The Bertz CT molecular complexity index is 1450. The first-order chi connectivity index (χ1) is 15.1. The number of carbonyl (C=O) groups excluding carboxylic acids is 1. The Labute approximate surface area is 181 Å². The Morgan fingerprint density at radius 3 is 2.81 bits per heavy atom. The van der Waals surface area contributed by atoms with Crippen molar-refractivity contribution in [3.8, 4) is 0 Å². The summed E-state index contributed by atoms with van der Waals surface area (Å²) in [5.41, 5.74) is 3.72. The minimum Gasteiger partial charge on any atom is -0.408 e. The van der Waals surface area contributed by atoms with Gasteiger partial charge in [0.2, 0.25) is 5.91 Å². The van der Waals surface area contributed by atoms with E-state index < -0.39 is 5.76 Å². The zero-order chi connectivity index (χ0) is 21.4. The number of anilines is 1. The maximum atomic E-state index is 13.4. The van der Waals surface area contributed by atoms with E-state index in [4.69, 9.17) is 4.42 Å². The van der Waals surface area contributed by atoms with Crippen molar-refractivity contribution in [1.82, 2.24) is 14.5 Å². The van der Waals surface area contributed by atoms with Gasteiger partial charge in [0, 0.05) is 6.20 Å². The highest BCUT2D eigenvalue weighted by Crippen LogP contribution is 2.30. The highest BCUT2D eigenvalue weighted by Gasteiger charge is 2.23. The van der Waals surface area contributed by atoms with Gasteiger partial charge in [0.1, 0.15) is 6.54 Å². The molecule has 1 amide bonds. The number of thiazole rings is 1. The van der Waals surface area contributed by atoms with Crippen molar-refractivity contribution in [2.24, 2.45) is 0 Å². The van der Waals surface area contributed by atoms with Crippen LogP contribution in [0.15, 0.2) is 76.1 Å². The number of amides is 1. The highest BCUT2D eigenvalue weighted by molar-refractivity contribution is 7.22. The van der Waals surface area contributed by atoms with Crippen molar-refractivity contribution in [3.05, 3.63) is 88.7 Å². The van der Waals surface area contributed by atoms with Crippen molar-refractivity contribution in [2.45, 2.75) is 20.0 Å². The van der Waals surface area contributed by atoms with Crippen LogP contribution in [0.4, 0.5) is 5.13 Å². The van der Waals surface area contributed by atoms with Crippen molar-refractivity contribution in [2.75, 3.05) is 4.90 Å². The number of rotatable bonds is 5.